The largest absolute Gasteiger partial charge is 0.342 e. The maximum Gasteiger partial charge on any atom is 0.324 e. The molecule has 2 amide bonds. The normalized spacial score (nSPS) is 10.4. The van der Waals surface area contributed by atoms with E-state index in [0.717, 1.165) is 31.5 Å². The lowest BCUT2D eigenvalue weighted by atomic mass is 10.2. The highest BCUT2D eigenvalue weighted by molar-refractivity contribution is 5.99. The average molecular weight is 343 g/mol. The number of carbonyl (C=O) groups is 1. The maximum absolute atomic E-state index is 12.1. The highest BCUT2D eigenvalue weighted by atomic mass is 16.2. The van der Waals surface area contributed by atoms with E-state index in [-0.39, 0.29) is 11.4 Å². The zero-order chi connectivity index (χ0) is 18.2. The average Bonchev–Trinajstić information content (AvgIpc) is 2.54. The molecule has 0 unspecified atom stereocenters. The molecule has 0 fully saturated rings. The highest BCUT2D eigenvalue weighted by Crippen LogP contribution is 2.12. The summed E-state index contributed by atoms with van der Waals surface area (Å²) in [4.78, 5) is 33.2. The number of H-pyrrole nitrogens is 1. The van der Waals surface area contributed by atoms with Crippen LogP contribution >= 0.6 is 0 Å². The standard InChI is InChI=1S/C18H25N5O2/c1-4-9-23(10-5-2)17-20-15(12-16(24)22-17)21-18(25)19-14-8-6-7-13(3)11-14/h6-8,11-12H,4-5,9-10H2,1-3H3,(H3,19,20,21,22,24,25). The number of carbonyl (C=O) groups excluding carboxylic acids is 1. The summed E-state index contributed by atoms with van der Waals surface area (Å²) in [6.45, 7) is 7.66. The molecule has 25 heavy (non-hydrogen) atoms. The van der Waals surface area contributed by atoms with Gasteiger partial charge in [0.25, 0.3) is 5.56 Å². The zero-order valence-electron chi connectivity index (χ0n) is 14.9. The van der Waals surface area contributed by atoms with E-state index in [0.29, 0.717) is 11.6 Å². The lowest BCUT2D eigenvalue weighted by Gasteiger charge is -2.22. The van der Waals surface area contributed by atoms with E-state index in [9.17, 15) is 9.59 Å². The van der Waals surface area contributed by atoms with Gasteiger partial charge < -0.3 is 10.2 Å². The minimum absolute atomic E-state index is 0.223. The van der Waals surface area contributed by atoms with E-state index in [1.165, 1.54) is 6.07 Å². The Morgan fingerprint density at radius 1 is 1.16 bits per heavy atom. The number of aryl methyl sites for hydroxylation is 1. The van der Waals surface area contributed by atoms with Crippen LogP contribution in [0.4, 0.5) is 22.2 Å². The van der Waals surface area contributed by atoms with Crippen LogP contribution in [-0.2, 0) is 0 Å². The third-order valence-corrected chi connectivity index (χ3v) is 3.53. The third kappa shape index (κ3) is 5.63. The summed E-state index contributed by atoms with van der Waals surface area (Å²) < 4.78 is 0. The van der Waals surface area contributed by atoms with Gasteiger partial charge in [-0.15, -0.1) is 0 Å². The Balaban J connectivity index is 2.13. The van der Waals surface area contributed by atoms with Crippen LogP contribution < -0.4 is 21.1 Å². The summed E-state index contributed by atoms with van der Waals surface area (Å²) in [6, 6.07) is 8.31. The van der Waals surface area contributed by atoms with Crippen molar-refractivity contribution in [2.45, 2.75) is 33.6 Å². The van der Waals surface area contributed by atoms with Gasteiger partial charge in [-0.2, -0.15) is 4.98 Å². The fourth-order valence-corrected chi connectivity index (χ4v) is 2.52. The highest BCUT2D eigenvalue weighted by Gasteiger charge is 2.11. The van der Waals surface area contributed by atoms with E-state index in [1.54, 1.807) is 6.07 Å². The number of anilines is 3. The molecule has 3 N–H and O–H groups in total. The Morgan fingerprint density at radius 3 is 2.52 bits per heavy atom. The number of aromatic nitrogens is 2. The molecule has 0 aliphatic rings. The molecule has 1 aromatic heterocycles. The third-order valence-electron chi connectivity index (χ3n) is 3.53. The summed E-state index contributed by atoms with van der Waals surface area (Å²) in [7, 11) is 0. The van der Waals surface area contributed by atoms with Crippen LogP contribution in [0, 0.1) is 6.92 Å². The van der Waals surface area contributed by atoms with Crippen molar-refractivity contribution in [1.82, 2.24) is 9.97 Å². The maximum atomic E-state index is 12.1. The monoisotopic (exact) mass is 343 g/mol. The van der Waals surface area contributed by atoms with Crippen molar-refractivity contribution in [3.63, 3.8) is 0 Å². The van der Waals surface area contributed by atoms with Gasteiger partial charge in [0.2, 0.25) is 5.95 Å². The number of hydrogen-bond acceptors (Lipinski definition) is 4. The van der Waals surface area contributed by atoms with Crippen LogP contribution in [0.5, 0.6) is 0 Å². The number of hydrogen-bond donors (Lipinski definition) is 3. The first-order chi connectivity index (χ1) is 12.0. The minimum Gasteiger partial charge on any atom is -0.342 e. The van der Waals surface area contributed by atoms with Crippen molar-refractivity contribution >= 4 is 23.5 Å². The van der Waals surface area contributed by atoms with Gasteiger partial charge >= 0.3 is 6.03 Å². The predicted molar refractivity (Wildman–Crippen MR) is 101 cm³/mol. The molecular weight excluding hydrogens is 318 g/mol. The van der Waals surface area contributed by atoms with Crippen LogP contribution in [-0.4, -0.2) is 29.1 Å². The lowest BCUT2D eigenvalue weighted by molar-refractivity contribution is 0.262. The number of urea groups is 1. The Labute approximate surface area is 147 Å². The van der Waals surface area contributed by atoms with E-state index in [2.05, 4.69) is 34.4 Å². The number of amides is 2. The van der Waals surface area contributed by atoms with E-state index < -0.39 is 6.03 Å². The second kappa shape index (κ2) is 8.86. The Hall–Kier alpha value is -2.83. The van der Waals surface area contributed by atoms with Gasteiger partial charge in [0, 0.05) is 24.8 Å². The van der Waals surface area contributed by atoms with Gasteiger partial charge in [-0.05, 0) is 37.5 Å². The predicted octanol–water partition coefficient (Wildman–Crippen LogP) is 3.35. The molecule has 2 rings (SSSR count). The lowest BCUT2D eigenvalue weighted by Crippen LogP contribution is -2.30. The second-order valence-electron chi connectivity index (χ2n) is 5.89. The van der Waals surface area contributed by atoms with Gasteiger partial charge in [-0.1, -0.05) is 26.0 Å². The number of rotatable bonds is 7. The quantitative estimate of drug-likeness (QED) is 0.719. The van der Waals surface area contributed by atoms with Crippen molar-refractivity contribution in [1.29, 1.82) is 0 Å². The Morgan fingerprint density at radius 2 is 1.88 bits per heavy atom. The fourth-order valence-electron chi connectivity index (χ4n) is 2.52. The van der Waals surface area contributed by atoms with Crippen LogP contribution in [0.3, 0.4) is 0 Å². The molecule has 2 aromatic rings. The van der Waals surface area contributed by atoms with Crippen molar-refractivity contribution in [2.75, 3.05) is 28.6 Å². The molecule has 0 saturated heterocycles. The molecule has 134 valence electrons. The van der Waals surface area contributed by atoms with Gasteiger partial charge in [0.15, 0.2) is 0 Å². The molecule has 0 aliphatic carbocycles. The second-order valence-corrected chi connectivity index (χ2v) is 5.89. The zero-order valence-corrected chi connectivity index (χ0v) is 14.9. The van der Waals surface area contributed by atoms with Crippen LogP contribution in [0.1, 0.15) is 32.3 Å². The molecule has 0 aliphatic heterocycles. The minimum atomic E-state index is -0.438. The topological polar surface area (TPSA) is 90.1 Å². The smallest absolute Gasteiger partial charge is 0.324 e. The van der Waals surface area contributed by atoms with Crippen molar-refractivity contribution in [3.05, 3.63) is 46.2 Å². The van der Waals surface area contributed by atoms with Crippen molar-refractivity contribution in [3.8, 4) is 0 Å². The van der Waals surface area contributed by atoms with Crippen LogP contribution in [0.25, 0.3) is 0 Å². The summed E-state index contributed by atoms with van der Waals surface area (Å²) in [5.74, 6) is 0.697. The van der Waals surface area contributed by atoms with Gasteiger partial charge in [0.05, 0.1) is 0 Å². The summed E-state index contributed by atoms with van der Waals surface area (Å²) in [5, 5.41) is 5.36. The van der Waals surface area contributed by atoms with E-state index >= 15 is 0 Å². The molecule has 0 spiro atoms. The number of nitrogens with zero attached hydrogens (tertiary/aromatic N) is 2. The SMILES string of the molecule is CCCN(CCC)c1nc(NC(=O)Nc2cccc(C)c2)cc(=O)[nH]1. The van der Waals surface area contributed by atoms with Gasteiger partial charge in [0.1, 0.15) is 5.82 Å². The fraction of sp³-hybridized carbons (Fsp3) is 0.389. The summed E-state index contributed by atoms with van der Waals surface area (Å²) >= 11 is 0. The number of aromatic amines is 1. The molecule has 0 bridgehead atoms. The molecule has 0 radical (unpaired) electrons. The molecule has 1 aromatic carbocycles. The van der Waals surface area contributed by atoms with Crippen LogP contribution in [0.2, 0.25) is 0 Å². The van der Waals surface area contributed by atoms with E-state index in [1.807, 2.05) is 30.0 Å². The molecule has 7 heteroatoms. The molecular formula is C18H25N5O2. The first-order valence-corrected chi connectivity index (χ1v) is 8.52. The first-order valence-electron chi connectivity index (χ1n) is 8.52. The Kier molecular flexibility index (Phi) is 6.56. The molecule has 7 nitrogen and oxygen atoms in total. The molecule has 0 atom stereocenters. The summed E-state index contributed by atoms with van der Waals surface area (Å²) in [6.07, 6.45) is 1.88. The Bertz CT molecular complexity index is 766. The first kappa shape index (κ1) is 18.5. The number of nitrogens with one attached hydrogen (secondary N) is 3. The van der Waals surface area contributed by atoms with Gasteiger partial charge in [-0.3, -0.25) is 15.1 Å². The number of benzene rings is 1. The van der Waals surface area contributed by atoms with Crippen molar-refractivity contribution in [2.24, 2.45) is 0 Å². The summed E-state index contributed by atoms with van der Waals surface area (Å²) in [5.41, 5.74) is 1.43. The van der Waals surface area contributed by atoms with E-state index in [4.69, 9.17) is 0 Å². The van der Waals surface area contributed by atoms with Crippen LogP contribution in [0.15, 0.2) is 35.1 Å². The van der Waals surface area contributed by atoms with Crippen molar-refractivity contribution < 1.29 is 4.79 Å². The van der Waals surface area contributed by atoms with Gasteiger partial charge in [-0.25, -0.2) is 4.79 Å². The molecule has 1 heterocycles. The molecule has 0 saturated carbocycles.